The van der Waals surface area contributed by atoms with Crippen LogP contribution >= 0.6 is 11.3 Å². The summed E-state index contributed by atoms with van der Waals surface area (Å²) in [6.07, 6.45) is 0.987. The van der Waals surface area contributed by atoms with Gasteiger partial charge < -0.3 is 14.3 Å². The van der Waals surface area contributed by atoms with Crippen LogP contribution in [0.2, 0.25) is 0 Å². The third-order valence-corrected chi connectivity index (χ3v) is 4.93. The minimum Gasteiger partial charge on any atom is -0.491 e. The van der Waals surface area contributed by atoms with Gasteiger partial charge in [0.25, 0.3) is 0 Å². The van der Waals surface area contributed by atoms with E-state index in [9.17, 15) is 9.90 Å². The summed E-state index contributed by atoms with van der Waals surface area (Å²) in [6, 6.07) is 14.9. The van der Waals surface area contributed by atoms with Crippen molar-refractivity contribution in [3.8, 4) is 5.75 Å². The van der Waals surface area contributed by atoms with Gasteiger partial charge >= 0.3 is 0 Å². The van der Waals surface area contributed by atoms with Crippen LogP contribution in [0.25, 0.3) is 0 Å². The minimum atomic E-state index is -0.666. The molecule has 2 aromatic heterocycles. The molecular weight excluding hydrogens is 362 g/mol. The smallest absolute Gasteiger partial charge is 0.159 e. The zero-order valence-electron chi connectivity index (χ0n) is 15.2. The fraction of sp³-hybridized carbons (Fsp3) is 0.286. The van der Waals surface area contributed by atoms with E-state index < -0.39 is 6.10 Å². The number of benzene rings is 1. The van der Waals surface area contributed by atoms with Crippen molar-refractivity contribution in [2.75, 3.05) is 13.2 Å². The minimum absolute atomic E-state index is 0.0124. The Hall–Kier alpha value is -2.41. The second-order valence-corrected chi connectivity index (χ2v) is 7.41. The largest absolute Gasteiger partial charge is 0.491 e. The van der Waals surface area contributed by atoms with Crippen molar-refractivity contribution < 1.29 is 19.1 Å². The molecule has 3 rings (SSSR count). The number of carbonyl (C=O) groups is 1. The zero-order valence-corrected chi connectivity index (χ0v) is 16.0. The summed E-state index contributed by atoms with van der Waals surface area (Å²) in [5.41, 5.74) is 0.596. The van der Waals surface area contributed by atoms with Crippen molar-refractivity contribution in [1.82, 2.24) is 4.90 Å². The van der Waals surface area contributed by atoms with Gasteiger partial charge in [-0.1, -0.05) is 18.2 Å². The molecular formula is C21H23NO4S. The average molecular weight is 385 g/mol. The number of ether oxygens (including phenoxy) is 1. The fourth-order valence-corrected chi connectivity index (χ4v) is 3.53. The lowest BCUT2D eigenvalue weighted by molar-refractivity contribution is 0.0608. The maximum Gasteiger partial charge on any atom is 0.159 e. The maximum absolute atomic E-state index is 11.5. The molecule has 0 aliphatic carbocycles. The first-order valence-corrected chi connectivity index (χ1v) is 9.67. The summed E-state index contributed by atoms with van der Waals surface area (Å²) in [6.45, 7) is 3.47. The summed E-state index contributed by atoms with van der Waals surface area (Å²) in [7, 11) is 0. The van der Waals surface area contributed by atoms with Gasteiger partial charge in [0.15, 0.2) is 5.78 Å². The van der Waals surface area contributed by atoms with Crippen molar-refractivity contribution in [3.63, 3.8) is 0 Å². The highest BCUT2D eigenvalue weighted by molar-refractivity contribution is 7.09. The maximum atomic E-state index is 11.5. The van der Waals surface area contributed by atoms with Crippen LogP contribution < -0.4 is 4.74 Å². The molecule has 1 atom stereocenters. The van der Waals surface area contributed by atoms with Crippen LogP contribution in [0.15, 0.2) is 64.6 Å². The number of aliphatic hydroxyl groups is 1. The lowest BCUT2D eigenvalue weighted by atomic mass is 10.1. The number of furan rings is 1. The van der Waals surface area contributed by atoms with Crippen molar-refractivity contribution >= 4 is 17.1 Å². The van der Waals surface area contributed by atoms with Gasteiger partial charge in [-0.05, 0) is 42.6 Å². The molecule has 0 spiro atoms. The lowest BCUT2D eigenvalue weighted by Crippen LogP contribution is -2.34. The van der Waals surface area contributed by atoms with Crippen LogP contribution in [0.1, 0.15) is 27.9 Å². The first kappa shape index (κ1) is 19.4. The summed E-state index contributed by atoms with van der Waals surface area (Å²) >= 11 is 1.69. The monoisotopic (exact) mass is 385 g/mol. The van der Waals surface area contributed by atoms with Crippen molar-refractivity contribution in [2.24, 2.45) is 0 Å². The van der Waals surface area contributed by atoms with E-state index in [1.165, 1.54) is 11.8 Å². The van der Waals surface area contributed by atoms with Gasteiger partial charge in [-0.25, -0.2) is 0 Å². The van der Waals surface area contributed by atoms with Crippen LogP contribution in [-0.4, -0.2) is 35.0 Å². The molecule has 0 aliphatic rings. The SMILES string of the molecule is CC(=O)c1cccc(OCC(O)CN(Cc2ccco2)Cc2cccs2)c1. The van der Waals surface area contributed by atoms with Gasteiger partial charge in [0.2, 0.25) is 0 Å². The van der Waals surface area contributed by atoms with Crippen LogP contribution in [-0.2, 0) is 13.1 Å². The molecule has 0 saturated heterocycles. The number of hydrogen-bond acceptors (Lipinski definition) is 6. The number of ketones is 1. The highest BCUT2D eigenvalue weighted by atomic mass is 32.1. The van der Waals surface area contributed by atoms with Gasteiger partial charge in [-0.2, -0.15) is 0 Å². The van der Waals surface area contributed by atoms with E-state index in [2.05, 4.69) is 11.0 Å². The molecule has 27 heavy (non-hydrogen) atoms. The number of Topliss-reactive ketones (excluding diaryl/α,β-unsaturated/α-hetero) is 1. The number of aliphatic hydroxyl groups excluding tert-OH is 1. The van der Waals surface area contributed by atoms with E-state index in [0.29, 0.717) is 24.4 Å². The molecule has 0 saturated carbocycles. The van der Waals surface area contributed by atoms with Gasteiger partial charge in [0.05, 0.1) is 12.8 Å². The Morgan fingerprint density at radius 1 is 1.22 bits per heavy atom. The Kier molecular flexibility index (Phi) is 6.81. The average Bonchev–Trinajstić information content (AvgIpc) is 3.34. The summed E-state index contributed by atoms with van der Waals surface area (Å²) in [4.78, 5) is 14.8. The molecule has 3 aromatic rings. The van der Waals surface area contributed by atoms with Crippen molar-refractivity contribution in [3.05, 3.63) is 76.4 Å². The van der Waals surface area contributed by atoms with E-state index in [1.54, 1.807) is 41.9 Å². The van der Waals surface area contributed by atoms with E-state index in [4.69, 9.17) is 9.15 Å². The van der Waals surface area contributed by atoms with Crippen LogP contribution in [0, 0.1) is 0 Å². The quantitative estimate of drug-likeness (QED) is 0.535. The number of nitrogens with zero attached hydrogens (tertiary/aromatic N) is 1. The molecule has 5 nitrogen and oxygen atoms in total. The molecule has 0 aliphatic heterocycles. The Bertz CT molecular complexity index is 794. The number of hydrogen-bond donors (Lipinski definition) is 1. The van der Waals surface area contributed by atoms with E-state index in [-0.39, 0.29) is 12.4 Å². The third-order valence-electron chi connectivity index (χ3n) is 4.07. The third kappa shape index (κ3) is 6.06. The Morgan fingerprint density at radius 3 is 2.81 bits per heavy atom. The molecule has 1 aromatic carbocycles. The second kappa shape index (κ2) is 9.50. The number of thiophene rings is 1. The summed E-state index contributed by atoms with van der Waals surface area (Å²) in [5.74, 6) is 1.42. The predicted molar refractivity (Wildman–Crippen MR) is 105 cm³/mol. The zero-order chi connectivity index (χ0) is 19.1. The standard InChI is InChI=1S/C21H23NO4S/c1-16(23)17-5-2-6-19(11-17)26-15-18(24)12-22(13-20-7-3-9-25-20)14-21-8-4-10-27-21/h2-11,18,24H,12-15H2,1H3. The molecule has 6 heteroatoms. The van der Waals surface area contributed by atoms with E-state index in [0.717, 1.165) is 12.3 Å². The molecule has 1 N–H and O–H groups in total. The van der Waals surface area contributed by atoms with Gasteiger partial charge in [0, 0.05) is 23.5 Å². The van der Waals surface area contributed by atoms with Crippen LogP contribution in [0.5, 0.6) is 5.75 Å². The molecule has 0 fully saturated rings. The van der Waals surface area contributed by atoms with Gasteiger partial charge in [0.1, 0.15) is 24.2 Å². The number of carbonyl (C=O) groups excluding carboxylic acids is 1. The van der Waals surface area contributed by atoms with Crippen LogP contribution in [0.3, 0.4) is 0 Å². The normalized spacial score (nSPS) is 12.3. The van der Waals surface area contributed by atoms with Gasteiger partial charge in [-0.3, -0.25) is 9.69 Å². The van der Waals surface area contributed by atoms with Crippen LogP contribution in [0.4, 0.5) is 0 Å². The predicted octanol–water partition coefficient (Wildman–Crippen LogP) is 3.99. The Labute approximate surface area is 162 Å². The first-order valence-electron chi connectivity index (χ1n) is 8.79. The van der Waals surface area contributed by atoms with E-state index >= 15 is 0 Å². The molecule has 0 radical (unpaired) electrons. The highest BCUT2D eigenvalue weighted by Crippen LogP contribution is 2.17. The molecule has 0 bridgehead atoms. The molecule has 2 heterocycles. The molecule has 1 unspecified atom stereocenters. The topological polar surface area (TPSA) is 62.9 Å². The summed E-state index contributed by atoms with van der Waals surface area (Å²) < 4.78 is 11.1. The first-order chi connectivity index (χ1) is 13.1. The molecule has 0 amide bonds. The fourth-order valence-electron chi connectivity index (χ4n) is 2.78. The second-order valence-electron chi connectivity index (χ2n) is 6.38. The Balaban J connectivity index is 1.57. The van der Waals surface area contributed by atoms with Gasteiger partial charge in [-0.15, -0.1) is 11.3 Å². The summed E-state index contributed by atoms with van der Waals surface area (Å²) in [5, 5.41) is 12.5. The van der Waals surface area contributed by atoms with Crippen molar-refractivity contribution in [2.45, 2.75) is 26.1 Å². The molecule has 142 valence electrons. The Morgan fingerprint density at radius 2 is 2.11 bits per heavy atom. The highest BCUT2D eigenvalue weighted by Gasteiger charge is 2.15. The van der Waals surface area contributed by atoms with E-state index in [1.807, 2.05) is 23.6 Å². The lowest BCUT2D eigenvalue weighted by Gasteiger charge is -2.24. The number of rotatable bonds is 10. The van der Waals surface area contributed by atoms with Crippen molar-refractivity contribution in [1.29, 1.82) is 0 Å².